The summed E-state index contributed by atoms with van der Waals surface area (Å²) in [5, 5.41) is 2.98. The lowest BCUT2D eigenvalue weighted by Gasteiger charge is -2.22. The topological polar surface area (TPSA) is 63.2 Å². The van der Waals surface area contributed by atoms with E-state index in [0.717, 1.165) is 25.4 Å². The molecule has 1 fully saturated rings. The molecule has 6 nitrogen and oxygen atoms in total. The van der Waals surface area contributed by atoms with E-state index < -0.39 is 0 Å². The van der Waals surface area contributed by atoms with Crippen LogP contribution >= 0.6 is 0 Å². The second-order valence-electron chi connectivity index (χ2n) is 5.55. The third-order valence-corrected chi connectivity index (χ3v) is 3.12. The van der Waals surface area contributed by atoms with Gasteiger partial charge in [0.25, 0.3) is 0 Å². The van der Waals surface area contributed by atoms with Gasteiger partial charge < -0.3 is 15.0 Å². The summed E-state index contributed by atoms with van der Waals surface area (Å²) in [5.74, 6) is 2.07. The van der Waals surface area contributed by atoms with Gasteiger partial charge in [0, 0.05) is 20.1 Å². The molecule has 20 heavy (non-hydrogen) atoms. The molecule has 0 unspecified atom stereocenters. The summed E-state index contributed by atoms with van der Waals surface area (Å²) in [6, 6.07) is 0.395. The molecule has 1 aromatic rings. The summed E-state index contributed by atoms with van der Waals surface area (Å²) in [7, 11) is 1.81. The Morgan fingerprint density at radius 2 is 2.05 bits per heavy atom. The summed E-state index contributed by atoms with van der Waals surface area (Å²) in [6.07, 6.45) is 3.77. The largest absolute Gasteiger partial charge is 0.461 e. The van der Waals surface area contributed by atoms with Crippen molar-refractivity contribution in [3.05, 3.63) is 0 Å². The van der Waals surface area contributed by atoms with Gasteiger partial charge in [-0.3, -0.25) is 0 Å². The number of nitrogens with one attached hydrogen (secondary N) is 1. The van der Waals surface area contributed by atoms with Crippen LogP contribution in [0.4, 0.5) is 11.9 Å². The zero-order valence-corrected chi connectivity index (χ0v) is 12.9. The monoisotopic (exact) mass is 279 g/mol. The van der Waals surface area contributed by atoms with Crippen LogP contribution in [-0.4, -0.2) is 41.2 Å². The molecule has 1 heterocycles. The quantitative estimate of drug-likeness (QED) is 0.788. The maximum absolute atomic E-state index is 5.62. The van der Waals surface area contributed by atoms with Crippen LogP contribution in [0.1, 0.15) is 40.0 Å². The van der Waals surface area contributed by atoms with Gasteiger partial charge in [0.1, 0.15) is 0 Å². The highest BCUT2D eigenvalue weighted by molar-refractivity contribution is 5.38. The Morgan fingerprint density at radius 3 is 2.60 bits per heavy atom. The van der Waals surface area contributed by atoms with Crippen LogP contribution in [0.15, 0.2) is 0 Å². The van der Waals surface area contributed by atoms with Crippen LogP contribution in [0, 0.1) is 5.92 Å². The molecule has 2 rings (SSSR count). The zero-order valence-electron chi connectivity index (χ0n) is 12.9. The first-order chi connectivity index (χ1) is 9.62. The highest BCUT2D eigenvalue weighted by Gasteiger charge is 2.26. The van der Waals surface area contributed by atoms with Crippen LogP contribution in [-0.2, 0) is 0 Å². The molecule has 1 aromatic heterocycles. The Bertz CT molecular complexity index is 434. The van der Waals surface area contributed by atoms with Crippen molar-refractivity contribution < 1.29 is 4.74 Å². The van der Waals surface area contributed by atoms with Gasteiger partial charge >= 0.3 is 6.01 Å². The molecule has 0 aliphatic heterocycles. The zero-order chi connectivity index (χ0) is 14.5. The minimum atomic E-state index is 0.0537. The molecule has 0 bridgehead atoms. The summed E-state index contributed by atoms with van der Waals surface area (Å²) in [6.45, 7) is 8.10. The average Bonchev–Trinajstić information content (AvgIpc) is 3.21. The molecule has 1 aliphatic rings. The van der Waals surface area contributed by atoms with E-state index in [9.17, 15) is 0 Å². The first kappa shape index (κ1) is 14.8. The molecule has 6 heteroatoms. The first-order valence-electron chi connectivity index (χ1n) is 7.47. The van der Waals surface area contributed by atoms with Gasteiger partial charge in [-0.05, 0) is 39.0 Å². The van der Waals surface area contributed by atoms with E-state index in [1.807, 2.05) is 20.9 Å². The number of aromatic nitrogens is 3. The van der Waals surface area contributed by atoms with Gasteiger partial charge in [-0.2, -0.15) is 15.0 Å². The summed E-state index contributed by atoms with van der Waals surface area (Å²) in [5.41, 5.74) is 0. The van der Waals surface area contributed by atoms with Crippen LogP contribution in [0.5, 0.6) is 6.01 Å². The fourth-order valence-electron chi connectivity index (χ4n) is 2.02. The van der Waals surface area contributed by atoms with Crippen molar-refractivity contribution in [3.63, 3.8) is 0 Å². The molecule has 0 saturated heterocycles. The molecule has 0 spiro atoms. The average molecular weight is 279 g/mol. The van der Waals surface area contributed by atoms with Crippen molar-refractivity contribution in [1.29, 1.82) is 0 Å². The predicted molar refractivity (Wildman–Crippen MR) is 80.4 cm³/mol. The highest BCUT2D eigenvalue weighted by atomic mass is 16.5. The van der Waals surface area contributed by atoms with E-state index >= 15 is 0 Å². The molecule has 0 atom stereocenters. The third kappa shape index (κ3) is 4.21. The van der Waals surface area contributed by atoms with E-state index in [1.54, 1.807) is 0 Å². The van der Waals surface area contributed by atoms with Crippen molar-refractivity contribution in [3.8, 4) is 6.01 Å². The number of nitrogens with zero attached hydrogens (tertiary/aromatic N) is 4. The van der Waals surface area contributed by atoms with Crippen molar-refractivity contribution in [2.45, 2.75) is 46.1 Å². The maximum atomic E-state index is 5.62. The SMILES string of the molecule is CCCN(CC1CC1)c1nc(NC)nc(OC(C)C)n1. The van der Waals surface area contributed by atoms with Gasteiger partial charge in [-0.1, -0.05) is 6.92 Å². The molecular weight excluding hydrogens is 254 g/mol. The molecule has 0 aromatic carbocycles. The van der Waals surface area contributed by atoms with Gasteiger partial charge in [-0.25, -0.2) is 0 Å². The van der Waals surface area contributed by atoms with E-state index in [1.165, 1.54) is 12.8 Å². The fraction of sp³-hybridized carbons (Fsp3) is 0.786. The number of anilines is 2. The van der Waals surface area contributed by atoms with Crippen LogP contribution in [0.2, 0.25) is 0 Å². The molecule has 1 aliphatic carbocycles. The molecule has 1 saturated carbocycles. The van der Waals surface area contributed by atoms with E-state index in [0.29, 0.717) is 17.9 Å². The van der Waals surface area contributed by atoms with Crippen molar-refractivity contribution in [1.82, 2.24) is 15.0 Å². The molecule has 0 radical (unpaired) electrons. The lowest BCUT2D eigenvalue weighted by molar-refractivity contribution is 0.222. The second-order valence-corrected chi connectivity index (χ2v) is 5.55. The fourth-order valence-corrected chi connectivity index (χ4v) is 2.02. The van der Waals surface area contributed by atoms with Gasteiger partial charge in [0.05, 0.1) is 6.10 Å². The first-order valence-corrected chi connectivity index (χ1v) is 7.47. The Kier molecular flexibility index (Phi) is 4.98. The van der Waals surface area contributed by atoms with Crippen molar-refractivity contribution in [2.75, 3.05) is 30.4 Å². The molecule has 0 amide bonds. The normalized spacial score (nSPS) is 14.4. The van der Waals surface area contributed by atoms with E-state index in [2.05, 4.69) is 32.1 Å². The Morgan fingerprint density at radius 1 is 1.30 bits per heavy atom. The van der Waals surface area contributed by atoms with Gasteiger partial charge in [-0.15, -0.1) is 0 Å². The number of hydrogen-bond acceptors (Lipinski definition) is 6. The molecule has 1 N–H and O–H groups in total. The standard InChI is InChI=1S/C14H25N5O/c1-5-8-19(9-11-6-7-11)13-16-12(15-4)17-14(18-13)20-10(2)3/h10-11H,5-9H2,1-4H3,(H,15,16,17,18). The Balaban J connectivity index is 2.21. The number of hydrogen-bond donors (Lipinski definition) is 1. The van der Waals surface area contributed by atoms with Crippen LogP contribution in [0.25, 0.3) is 0 Å². The minimum Gasteiger partial charge on any atom is -0.461 e. The van der Waals surface area contributed by atoms with Crippen LogP contribution in [0.3, 0.4) is 0 Å². The summed E-state index contributed by atoms with van der Waals surface area (Å²) >= 11 is 0. The molecule has 112 valence electrons. The minimum absolute atomic E-state index is 0.0537. The summed E-state index contributed by atoms with van der Waals surface area (Å²) < 4.78 is 5.62. The van der Waals surface area contributed by atoms with Crippen molar-refractivity contribution in [2.24, 2.45) is 5.92 Å². The lowest BCUT2D eigenvalue weighted by atomic mass is 10.3. The van der Waals surface area contributed by atoms with Gasteiger partial charge in [0.15, 0.2) is 0 Å². The Hall–Kier alpha value is -1.59. The number of rotatable bonds is 8. The maximum Gasteiger partial charge on any atom is 0.323 e. The second kappa shape index (κ2) is 6.72. The number of ether oxygens (including phenoxy) is 1. The van der Waals surface area contributed by atoms with Gasteiger partial charge in [0.2, 0.25) is 11.9 Å². The van der Waals surface area contributed by atoms with Crippen molar-refractivity contribution >= 4 is 11.9 Å². The van der Waals surface area contributed by atoms with Crippen LogP contribution < -0.4 is 15.0 Å². The lowest BCUT2D eigenvalue weighted by Crippen LogP contribution is -2.29. The highest BCUT2D eigenvalue weighted by Crippen LogP contribution is 2.31. The summed E-state index contributed by atoms with van der Waals surface area (Å²) in [4.78, 5) is 15.4. The Labute approximate surface area is 121 Å². The molecular formula is C14H25N5O. The predicted octanol–water partition coefficient (Wildman–Crippen LogP) is 2.33. The van der Waals surface area contributed by atoms with E-state index in [4.69, 9.17) is 4.74 Å². The third-order valence-electron chi connectivity index (χ3n) is 3.12. The smallest absolute Gasteiger partial charge is 0.323 e. The van der Waals surface area contributed by atoms with E-state index in [-0.39, 0.29) is 6.10 Å².